The van der Waals surface area contributed by atoms with Crippen molar-refractivity contribution in [3.05, 3.63) is 37.6 Å². The molecule has 1 atom stereocenters. The van der Waals surface area contributed by atoms with E-state index in [2.05, 4.69) is 15.0 Å². The molecule has 0 aliphatic rings. The van der Waals surface area contributed by atoms with Crippen LogP contribution in [0.1, 0.15) is 19.3 Å². The highest BCUT2D eigenvalue weighted by atomic mass is 19.1. The number of azide groups is 1. The summed E-state index contributed by atoms with van der Waals surface area (Å²) in [7, 11) is 3.25. The Morgan fingerprint density at radius 1 is 1.39 bits per heavy atom. The molecule has 0 N–H and O–H groups in total. The number of hydrogen-bond donors (Lipinski definition) is 0. The summed E-state index contributed by atoms with van der Waals surface area (Å²) < 4.78 is 17.4. The molecular weight excluding hydrogens is 305 g/mol. The van der Waals surface area contributed by atoms with Gasteiger partial charge in [0.2, 0.25) is 0 Å². The average molecular weight is 323 g/mol. The van der Waals surface area contributed by atoms with Crippen LogP contribution in [0.3, 0.4) is 0 Å². The Morgan fingerprint density at radius 3 is 2.83 bits per heavy atom. The summed E-state index contributed by atoms with van der Waals surface area (Å²) in [5.74, 6) is 0. The van der Waals surface area contributed by atoms with Gasteiger partial charge >= 0.3 is 5.69 Å². The molecule has 0 saturated heterocycles. The highest BCUT2D eigenvalue weighted by Crippen LogP contribution is 2.07. The molecule has 0 radical (unpaired) electrons. The lowest BCUT2D eigenvalue weighted by atomic mass is 10.1. The third kappa shape index (κ3) is 3.42. The van der Waals surface area contributed by atoms with Crippen molar-refractivity contribution in [1.29, 1.82) is 0 Å². The summed E-state index contributed by atoms with van der Waals surface area (Å²) in [6.07, 6.45) is 1.47. The minimum atomic E-state index is -1.20. The van der Waals surface area contributed by atoms with Gasteiger partial charge in [-0.2, -0.15) is 0 Å². The van der Waals surface area contributed by atoms with Crippen molar-refractivity contribution < 1.29 is 4.39 Å². The van der Waals surface area contributed by atoms with Crippen molar-refractivity contribution in [2.24, 2.45) is 19.2 Å². The van der Waals surface area contributed by atoms with E-state index < -0.39 is 17.4 Å². The first-order chi connectivity index (χ1) is 11.0. The molecule has 0 aliphatic carbocycles. The molecule has 0 fully saturated rings. The van der Waals surface area contributed by atoms with Crippen molar-refractivity contribution in [3.63, 3.8) is 0 Å². The van der Waals surface area contributed by atoms with Gasteiger partial charge in [0, 0.05) is 25.6 Å². The quantitative estimate of drug-likeness (QED) is 0.331. The van der Waals surface area contributed by atoms with Gasteiger partial charge in [-0.05, 0) is 24.8 Å². The van der Waals surface area contributed by atoms with Crippen LogP contribution in [0.4, 0.5) is 4.39 Å². The van der Waals surface area contributed by atoms with Crippen LogP contribution in [0.2, 0.25) is 0 Å². The van der Waals surface area contributed by atoms with Gasteiger partial charge in [0.25, 0.3) is 5.56 Å². The number of unbranched alkanes of at least 4 members (excludes halogenated alkanes) is 1. The number of halogens is 1. The van der Waals surface area contributed by atoms with Crippen molar-refractivity contribution >= 4 is 11.2 Å². The standard InChI is InChI=1S/C13H18FN7O2/c1-19-8-16-11-10(19)12(22)21(13(23)20(11)2)6-4-3-5-9(14)7-17-18-15/h8-9H,3-7H2,1-2H3. The lowest BCUT2D eigenvalue weighted by Crippen LogP contribution is -2.39. The maximum Gasteiger partial charge on any atom is 0.332 e. The smallest absolute Gasteiger partial charge is 0.328 e. The molecule has 0 amide bonds. The van der Waals surface area contributed by atoms with Gasteiger partial charge in [0.15, 0.2) is 11.2 Å². The van der Waals surface area contributed by atoms with E-state index in [0.717, 1.165) is 4.57 Å². The molecule has 0 aliphatic heterocycles. The van der Waals surface area contributed by atoms with Crippen LogP contribution in [0.25, 0.3) is 21.6 Å². The normalized spacial score (nSPS) is 12.3. The molecule has 0 saturated carbocycles. The van der Waals surface area contributed by atoms with E-state index in [4.69, 9.17) is 5.53 Å². The Balaban J connectivity index is 2.12. The van der Waals surface area contributed by atoms with Gasteiger partial charge in [-0.3, -0.25) is 13.9 Å². The fourth-order valence-electron chi connectivity index (χ4n) is 2.45. The zero-order valence-corrected chi connectivity index (χ0v) is 13.0. The van der Waals surface area contributed by atoms with Crippen LogP contribution >= 0.6 is 0 Å². The Bertz CT molecular complexity index is 860. The van der Waals surface area contributed by atoms with Gasteiger partial charge in [0.05, 0.1) is 12.9 Å². The Kier molecular flexibility index (Phi) is 5.17. The second-order valence-electron chi connectivity index (χ2n) is 5.33. The fourth-order valence-corrected chi connectivity index (χ4v) is 2.45. The summed E-state index contributed by atoms with van der Waals surface area (Å²) in [6.45, 7) is 0.0139. The molecule has 23 heavy (non-hydrogen) atoms. The summed E-state index contributed by atoms with van der Waals surface area (Å²) in [6, 6.07) is 0. The average Bonchev–Trinajstić information content (AvgIpc) is 2.92. The van der Waals surface area contributed by atoms with E-state index in [0.29, 0.717) is 24.0 Å². The minimum Gasteiger partial charge on any atom is -0.328 e. The molecule has 2 rings (SSSR count). The van der Waals surface area contributed by atoms with Crippen molar-refractivity contribution in [2.45, 2.75) is 32.0 Å². The highest BCUT2D eigenvalue weighted by Gasteiger charge is 2.14. The Labute approximate surface area is 130 Å². The van der Waals surface area contributed by atoms with Gasteiger partial charge in [-0.25, -0.2) is 14.2 Å². The number of nitrogens with zero attached hydrogens (tertiary/aromatic N) is 7. The second kappa shape index (κ2) is 7.10. The molecule has 2 aromatic rings. The van der Waals surface area contributed by atoms with Gasteiger partial charge in [-0.1, -0.05) is 5.11 Å². The SMILES string of the molecule is Cn1cnc2c1c(=O)n(CCCCC(F)CN=[N+]=[N-])c(=O)n2C. The number of alkyl halides is 1. The molecular formula is C13H18FN7O2. The van der Waals surface area contributed by atoms with Crippen LogP contribution < -0.4 is 11.2 Å². The van der Waals surface area contributed by atoms with E-state index in [1.165, 1.54) is 10.9 Å². The lowest BCUT2D eigenvalue weighted by molar-refractivity contribution is 0.310. The zero-order valence-electron chi connectivity index (χ0n) is 13.0. The van der Waals surface area contributed by atoms with E-state index in [1.54, 1.807) is 18.7 Å². The third-order valence-electron chi connectivity index (χ3n) is 3.69. The highest BCUT2D eigenvalue weighted by molar-refractivity contribution is 5.69. The molecule has 0 bridgehead atoms. The topological polar surface area (TPSA) is 111 Å². The summed E-state index contributed by atoms with van der Waals surface area (Å²) >= 11 is 0. The van der Waals surface area contributed by atoms with Crippen LogP contribution in [-0.4, -0.2) is 31.4 Å². The second-order valence-corrected chi connectivity index (χ2v) is 5.33. The van der Waals surface area contributed by atoms with Gasteiger partial charge in [-0.15, -0.1) is 0 Å². The molecule has 0 spiro atoms. The first-order valence-electron chi connectivity index (χ1n) is 7.23. The maximum atomic E-state index is 13.3. The van der Waals surface area contributed by atoms with Gasteiger partial charge < -0.3 is 4.57 Å². The fraction of sp³-hybridized carbons (Fsp3) is 0.615. The number of rotatable bonds is 7. The first kappa shape index (κ1) is 16.8. The number of fused-ring (bicyclic) bond motifs is 1. The number of hydrogen-bond acceptors (Lipinski definition) is 4. The van der Waals surface area contributed by atoms with Crippen LogP contribution in [0.15, 0.2) is 21.0 Å². The van der Waals surface area contributed by atoms with Crippen LogP contribution in [-0.2, 0) is 20.6 Å². The zero-order chi connectivity index (χ0) is 17.0. The summed E-state index contributed by atoms with van der Waals surface area (Å²) in [5, 5.41) is 3.17. The molecule has 2 aromatic heterocycles. The lowest BCUT2D eigenvalue weighted by Gasteiger charge is -2.09. The Hall–Kier alpha value is -2.61. The minimum absolute atomic E-state index is 0.195. The van der Waals surface area contributed by atoms with Crippen molar-refractivity contribution in [2.75, 3.05) is 6.54 Å². The molecule has 124 valence electrons. The maximum absolute atomic E-state index is 13.3. The third-order valence-corrected chi connectivity index (χ3v) is 3.69. The molecule has 0 aromatic carbocycles. The number of aromatic nitrogens is 4. The molecule has 2 heterocycles. The van der Waals surface area contributed by atoms with E-state index in [9.17, 15) is 14.0 Å². The van der Waals surface area contributed by atoms with E-state index in [1.807, 2.05) is 0 Å². The van der Waals surface area contributed by atoms with E-state index in [-0.39, 0.29) is 19.5 Å². The summed E-state index contributed by atoms with van der Waals surface area (Å²) in [4.78, 5) is 31.2. The van der Waals surface area contributed by atoms with Crippen molar-refractivity contribution in [3.8, 4) is 0 Å². The summed E-state index contributed by atoms with van der Waals surface area (Å²) in [5.41, 5.74) is 8.00. The van der Waals surface area contributed by atoms with Crippen LogP contribution in [0, 0.1) is 0 Å². The number of aryl methyl sites for hydroxylation is 2. The van der Waals surface area contributed by atoms with Gasteiger partial charge in [0.1, 0.15) is 6.17 Å². The predicted molar refractivity (Wildman–Crippen MR) is 83.0 cm³/mol. The van der Waals surface area contributed by atoms with Crippen LogP contribution in [0.5, 0.6) is 0 Å². The van der Waals surface area contributed by atoms with Crippen molar-refractivity contribution in [1.82, 2.24) is 18.7 Å². The molecule has 1 unspecified atom stereocenters. The number of imidazole rings is 1. The van der Waals surface area contributed by atoms with E-state index >= 15 is 0 Å². The Morgan fingerprint density at radius 2 is 2.13 bits per heavy atom. The largest absolute Gasteiger partial charge is 0.332 e. The first-order valence-corrected chi connectivity index (χ1v) is 7.23. The monoisotopic (exact) mass is 323 g/mol. The predicted octanol–water partition coefficient (Wildman–Crippen LogP) is 1.25. The molecule has 10 heteroatoms. The molecule has 9 nitrogen and oxygen atoms in total.